The lowest BCUT2D eigenvalue weighted by Crippen LogP contribution is -2.55. The number of carbonyl (C=O) groups excluding carboxylic acids is 3. The van der Waals surface area contributed by atoms with Crippen molar-refractivity contribution >= 4 is 30.5 Å². The van der Waals surface area contributed by atoms with Crippen molar-refractivity contribution in [2.75, 3.05) is 12.3 Å². The van der Waals surface area contributed by atoms with Gasteiger partial charge in [-0.15, -0.1) is 0 Å². The molecule has 0 aromatic heterocycles. The van der Waals surface area contributed by atoms with Gasteiger partial charge in [0.2, 0.25) is 11.8 Å². The predicted molar refractivity (Wildman–Crippen MR) is 137 cm³/mol. The van der Waals surface area contributed by atoms with Gasteiger partial charge < -0.3 is 25.4 Å². The van der Waals surface area contributed by atoms with Crippen LogP contribution in [0.2, 0.25) is 0 Å². The minimum atomic E-state index is -1.09. The van der Waals surface area contributed by atoms with Gasteiger partial charge in [-0.2, -0.15) is 12.6 Å². The van der Waals surface area contributed by atoms with Crippen molar-refractivity contribution in [3.63, 3.8) is 0 Å². The summed E-state index contributed by atoms with van der Waals surface area (Å²) in [7, 11) is 0. The number of thiol groups is 1. The van der Waals surface area contributed by atoms with Crippen LogP contribution in [0.3, 0.4) is 0 Å². The van der Waals surface area contributed by atoms with Crippen molar-refractivity contribution in [3.05, 3.63) is 29.3 Å². The quantitative estimate of drug-likeness (QED) is 0.273. The standard InChI is InChI=1S/C25H41N3O5S/c1-8-9-10-14-26-22(30)20(18-13-11-12-17(4)21(18)29)28(16(2)3)23(31)19(15-34)27-24(32)33-25(5,6)7/h11-13,16,19-20,29,34H,8-10,14-15H2,1-7H3,(H,26,30)(H,27,32). The first-order chi connectivity index (χ1) is 15.8. The molecule has 0 heterocycles. The van der Waals surface area contributed by atoms with Crippen LogP contribution in [0.25, 0.3) is 0 Å². The fourth-order valence-corrected chi connectivity index (χ4v) is 3.75. The van der Waals surface area contributed by atoms with E-state index in [2.05, 4.69) is 30.2 Å². The molecular weight excluding hydrogens is 454 g/mol. The number of unbranched alkanes of at least 4 members (excludes halogenated alkanes) is 2. The second-order valence-corrected chi connectivity index (χ2v) is 10.00. The zero-order valence-electron chi connectivity index (χ0n) is 21.5. The van der Waals surface area contributed by atoms with Gasteiger partial charge >= 0.3 is 6.09 Å². The Morgan fingerprint density at radius 1 is 1.18 bits per heavy atom. The Morgan fingerprint density at radius 2 is 1.82 bits per heavy atom. The van der Waals surface area contributed by atoms with E-state index in [1.807, 2.05) is 0 Å². The number of nitrogens with zero attached hydrogens (tertiary/aromatic N) is 1. The molecule has 0 aliphatic carbocycles. The van der Waals surface area contributed by atoms with Crippen molar-refractivity contribution in [1.82, 2.24) is 15.5 Å². The summed E-state index contributed by atoms with van der Waals surface area (Å²) in [5, 5.41) is 16.3. The lowest BCUT2D eigenvalue weighted by Gasteiger charge is -2.37. The van der Waals surface area contributed by atoms with E-state index in [1.54, 1.807) is 59.7 Å². The van der Waals surface area contributed by atoms with E-state index in [1.165, 1.54) is 4.90 Å². The number of hydrogen-bond donors (Lipinski definition) is 4. The summed E-state index contributed by atoms with van der Waals surface area (Å²) in [5.74, 6) is -0.928. The maximum atomic E-state index is 13.7. The molecule has 192 valence electrons. The van der Waals surface area contributed by atoms with Crippen LogP contribution in [0, 0.1) is 6.92 Å². The number of ether oxygens (including phenoxy) is 1. The van der Waals surface area contributed by atoms with Crippen LogP contribution in [0.5, 0.6) is 5.75 Å². The van der Waals surface area contributed by atoms with E-state index in [-0.39, 0.29) is 11.5 Å². The zero-order valence-corrected chi connectivity index (χ0v) is 22.4. The summed E-state index contributed by atoms with van der Waals surface area (Å²) in [6.07, 6.45) is 2.04. The Kier molecular flexibility index (Phi) is 11.7. The fraction of sp³-hybridized carbons (Fsp3) is 0.640. The highest BCUT2D eigenvalue weighted by atomic mass is 32.1. The molecule has 9 heteroatoms. The van der Waals surface area contributed by atoms with Crippen LogP contribution in [-0.4, -0.2) is 57.9 Å². The summed E-state index contributed by atoms with van der Waals surface area (Å²) >= 11 is 4.26. The smallest absolute Gasteiger partial charge is 0.408 e. The molecular formula is C25H41N3O5S. The molecule has 0 spiro atoms. The highest BCUT2D eigenvalue weighted by molar-refractivity contribution is 7.80. The van der Waals surface area contributed by atoms with Crippen LogP contribution in [0.1, 0.15) is 78.0 Å². The zero-order chi connectivity index (χ0) is 26.1. The molecule has 2 atom stereocenters. The highest BCUT2D eigenvalue weighted by Crippen LogP contribution is 2.33. The number of rotatable bonds is 11. The second kappa shape index (κ2) is 13.5. The average molecular weight is 496 g/mol. The van der Waals surface area contributed by atoms with Crippen molar-refractivity contribution < 1.29 is 24.2 Å². The number of para-hydroxylation sites is 1. The first-order valence-corrected chi connectivity index (χ1v) is 12.5. The normalized spacial score (nSPS) is 13.2. The third-order valence-electron chi connectivity index (χ3n) is 5.15. The van der Waals surface area contributed by atoms with Gasteiger partial charge in [-0.1, -0.05) is 38.0 Å². The van der Waals surface area contributed by atoms with Gasteiger partial charge in [-0.05, 0) is 53.5 Å². The molecule has 0 saturated carbocycles. The third kappa shape index (κ3) is 8.74. The van der Waals surface area contributed by atoms with Gasteiger partial charge in [0, 0.05) is 23.9 Å². The summed E-state index contributed by atoms with van der Waals surface area (Å²) in [5.41, 5.74) is 0.181. The van der Waals surface area contributed by atoms with Crippen LogP contribution in [0.15, 0.2) is 18.2 Å². The molecule has 3 amide bonds. The van der Waals surface area contributed by atoms with E-state index in [0.717, 1.165) is 19.3 Å². The number of carbonyl (C=O) groups is 3. The SMILES string of the molecule is CCCCCNC(=O)C(c1cccc(C)c1O)N(C(=O)C(CS)NC(=O)OC(C)(C)C)C(C)C. The molecule has 8 nitrogen and oxygen atoms in total. The molecule has 3 N–H and O–H groups in total. The number of aromatic hydroxyl groups is 1. The number of amides is 3. The first kappa shape index (κ1) is 29.6. The van der Waals surface area contributed by atoms with Crippen LogP contribution in [-0.2, 0) is 14.3 Å². The number of nitrogens with one attached hydrogen (secondary N) is 2. The van der Waals surface area contributed by atoms with Crippen molar-refractivity contribution in [2.24, 2.45) is 0 Å². The van der Waals surface area contributed by atoms with E-state index in [0.29, 0.717) is 17.7 Å². The van der Waals surface area contributed by atoms with E-state index in [4.69, 9.17) is 4.74 Å². The Bertz CT molecular complexity index is 838. The molecule has 0 saturated heterocycles. The van der Waals surface area contributed by atoms with Crippen LogP contribution < -0.4 is 10.6 Å². The molecule has 0 bridgehead atoms. The predicted octanol–water partition coefficient (Wildman–Crippen LogP) is 4.11. The van der Waals surface area contributed by atoms with Crippen LogP contribution in [0.4, 0.5) is 4.79 Å². The van der Waals surface area contributed by atoms with Crippen LogP contribution >= 0.6 is 12.6 Å². The fourth-order valence-electron chi connectivity index (χ4n) is 3.50. The van der Waals surface area contributed by atoms with Gasteiger partial charge in [0.05, 0.1) is 0 Å². The average Bonchev–Trinajstić information content (AvgIpc) is 2.73. The molecule has 1 rings (SSSR count). The highest BCUT2D eigenvalue weighted by Gasteiger charge is 2.38. The summed E-state index contributed by atoms with van der Waals surface area (Å²) < 4.78 is 5.29. The van der Waals surface area contributed by atoms with E-state index < -0.39 is 41.6 Å². The third-order valence-corrected chi connectivity index (χ3v) is 5.52. The molecule has 0 aliphatic rings. The summed E-state index contributed by atoms with van der Waals surface area (Å²) in [6, 6.07) is 2.58. The molecule has 2 unspecified atom stereocenters. The van der Waals surface area contributed by atoms with E-state index >= 15 is 0 Å². The largest absolute Gasteiger partial charge is 0.507 e. The van der Waals surface area contributed by atoms with Gasteiger partial charge in [-0.3, -0.25) is 9.59 Å². The Hall–Kier alpha value is -2.42. The molecule has 0 radical (unpaired) electrons. The number of hydrogen-bond acceptors (Lipinski definition) is 6. The summed E-state index contributed by atoms with van der Waals surface area (Å²) in [4.78, 5) is 40.8. The maximum Gasteiger partial charge on any atom is 0.408 e. The minimum absolute atomic E-state index is 0.00589. The Morgan fingerprint density at radius 3 is 2.35 bits per heavy atom. The number of alkyl carbamates (subject to hydrolysis) is 1. The van der Waals surface area contributed by atoms with Gasteiger partial charge in [-0.25, -0.2) is 4.79 Å². The van der Waals surface area contributed by atoms with E-state index in [9.17, 15) is 19.5 Å². The summed E-state index contributed by atoms with van der Waals surface area (Å²) in [6.45, 7) is 13.0. The van der Waals surface area contributed by atoms with Gasteiger partial charge in [0.1, 0.15) is 23.4 Å². The Balaban J connectivity index is 3.36. The molecule has 34 heavy (non-hydrogen) atoms. The van der Waals surface area contributed by atoms with Crippen molar-refractivity contribution in [1.29, 1.82) is 0 Å². The molecule has 0 fully saturated rings. The van der Waals surface area contributed by atoms with Gasteiger partial charge in [0.15, 0.2) is 0 Å². The number of benzene rings is 1. The monoisotopic (exact) mass is 495 g/mol. The Labute approximate surface area is 209 Å². The topological polar surface area (TPSA) is 108 Å². The van der Waals surface area contributed by atoms with Gasteiger partial charge in [0.25, 0.3) is 0 Å². The first-order valence-electron chi connectivity index (χ1n) is 11.8. The number of phenols is 1. The maximum absolute atomic E-state index is 13.7. The van der Waals surface area contributed by atoms with Crippen molar-refractivity contribution in [3.8, 4) is 5.75 Å². The number of phenolic OH excluding ortho intramolecular Hbond substituents is 1. The number of aryl methyl sites for hydroxylation is 1. The minimum Gasteiger partial charge on any atom is -0.507 e. The lowest BCUT2D eigenvalue weighted by molar-refractivity contribution is -0.144. The molecule has 1 aromatic carbocycles. The molecule has 0 aliphatic heterocycles. The van der Waals surface area contributed by atoms with Crippen molar-refractivity contribution in [2.45, 2.75) is 91.5 Å². The second-order valence-electron chi connectivity index (χ2n) is 9.63. The molecule has 1 aromatic rings. The lowest BCUT2D eigenvalue weighted by atomic mass is 9.98.